The van der Waals surface area contributed by atoms with Gasteiger partial charge in [0.1, 0.15) is 23.1 Å². The number of rotatable bonds is 5. The number of aryl methyl sites for hydroxylation is 1. The first-order valence-electron chi connectivity index (χ1n) is 11.9. The summed E-state index contributed by atoms with van der Waals surface area (Å²) in [4.78, 5) is 24.7. The fourth-order valence-electron chi connectivity index (χ4n) is 4.87. The number of imidazole rings is 1. The second-order valence-electron chi connectivity index (χ2n) is 8.95. The Labute approximate surface area is 197 Å². The molecule has 1 aliphatic carbocycles. The molecular formula is C24H28N8O2. The molecule has 1 aromatic carbocycles. The summed E-state index contributed by atoms with van der Waals surface area (Å²) in [6.45, 7) is 3.22. The van der Waals surface area contributed by atoms with Crippen LogP contribution in [0.15, 0.2) is 37.2 Å². The molecule has 2 fully saturated rings. The average Bonchev–Trinajstić information content (AvgIpc) is 3.27. The SMILES string of the molecule is Cn1cnc2c(N[C@H]3CC[C@@H](Oc4cc(N5CCOCC5)cc5nccnc45)CC3)ncnc21. The van der Waals surface area contributed by atoms with Gasteiger partial charge in [0.2, 0.25) is 0 Å². The van der Waals surface area contributed by atoms with Crippen LogP contribution in [0.5, 0.6) is 5.75 Å². The van der Waals surface area contributed by atoms with Gasteiger partial charge in [0, 0.05) is 50.3 Å². The molecule has 0 unspecified atom stereocenters. The van der Waals surface area contributed by atoms with Crippen molar-refractivity contribution >= 4 is 33.7 Å². The Morgan fingerprint density at radius 3 is 2.62 bits per heavy atom. The van der Waals surface area contributed by atoms with Crippen molar-refractivity contribution in [2.24, 2.45) is 7.05 Å². The first kappa shape index (κ1) is 21.0. The Morgan fingerprint density at radius 1 is 0.941 bits per heavy atom. The van der Waals surface area contributed by atoms with Crippen molar-refractivity contribution in [1.82, 2.24) is 29.5 Å². The first-order chi connectivity index (χ1) is 16.7. The number of benzene rings is 1. The highest BCUT2D eigenvalue weighted by molar-refractivity contribution is 5.85. The van der Waals surface area contributed by atoms with E-state index in [1.807, 2.05) is 11.6 Å². The number of hydrogen-bond acceptors (Lipinski definition) is 9. The lowest BCUT2D eigenvalue weighted by molar-refractivity contribution is 0.122. The van der Waals surface area contributed by atoms with E-state index < -0.39 is 0 Å². The van der Waals surface area contributed by atoms with E-state index in [9.17, 15) is 0 Å². The third-order valence-corrected chi connectivity index (χ3v) is 6.71. The van der Waals surface area contributed by atoms with Crippen LogP contribution in [0.25, 0.3) is 22.2 Å². The van der Waals surface area contributed by atoms with Crippen molar-refractivity contribution in [2.75, 3.05) is 36.5 Å². The third-order valence-electron chi connectivity index (χ3n) is 6.71. The monoisotopic (exact) mass is 460 g/mol. The highest BCUT2D eigenvalue weighted by Crippen LogP contribution is 2.33. The number of anilines is 2. The van der Waals surface area contributed by atoms with Crippen LogP contribution in [0.4, 0.5) is 11.5 Å². The molecule has 0 atom stereocenters. The minimum atomic E-state index is 0.142. The van der Waals surface area contributed by atoms with Crippen molar-refractivity contribution in [2.45, 2.75) is 37.8 Å². The predicted molar refractivity (Wildman–Crippen MR) is 129 cm³/mol. The minimum Gasteiger partial charge on any atom is -0.488 e. The maximum atomic E-state index is 6.54. The highest BCUT2D eigenvalue weighted by atomic mass is 16.5. The van der Waals surface area contributed by atoms with Crippen LogP contribution in [-0.2, 0) is 11.8 Å². The fourth-order valence-corrected chi connectivity index (χ4v) is 4.87. The molecule has 176 valence electrons. The van der Waals surface area contributed by atoms with Crippen LogP contribution in [-0.4, -0.2) is 67.9 Å². The first-order valence-corrected chi connectivity index (χ1v) is 11.9. The second kappa shape index (κ2) is 9.02. The van der Waals surface area contributed by atoms with Crippen LogP contribution in [0, 0.1) is 0 Å². The summed E-state index contributed by atoms with van der Waals surface area (Å²) in [7, 11) is 1.94. The fraction of sp³-hybridized carbons (Fsp3) is 0.458. The summed E-state index contributed by atoms with van der Waals surface area (Å²) in [5, 5.41) is 3.58. The Morgan fingerprint density at radius 2 is 1.76 bits per heavy atom. The molecule has 1 saturated carbocycles. The second-order valence-corrected chi connectivity index (χ2v) is 8.95. The molecule has 0 amide bonds. The van der Waals surface area contributed by atoms with E-state index >= 15 is 0 Å². The van der Waals surface area contributed by atoms with Crippen LogP contribution in [0.1, 0.15) is 25.7 Å². The number of nitrogens with zero attached hydrogens (tertiary/aromatic N) is 7. The average molecular weight is 461 g/mol. The predicted octanol–water partition coefficient (Wildman–Crippen LogP) is 2.95. The molecular weight excluding hydrogens is 432 g/mol. The van der Waals surface area contributed by atoms with Gasteiger partial charge in [-0.25, -0.2) is 19.9 Å². The van der Waals surface area contributed by atoms with E-state index in [-0.39, 0.29) is 6.10 Å². The van der Waals surface area contributed by atoms with Crippen LogP contribution >= 0.6 is 0 Å². The molecule has 1 aliphatic heterocycles. The van der Waals surface area contributed by atoms with E-state index in [2.05, 4.69) is 47.3 Å². The molecule has 4 heterocycles. The van der Waals surface area contributed by atoms with Crippen LogP contribution < -0.4 is 15.0 Å². The van der Waals surface area contributed by atoms with E-state index in [0.717, 1.165) is 91.4 Å². The molecule has 0 bridgehead atoms. The van der Waals surface area contributed by atoms with Gasteiger partial charge in [-0.3, -0.25) is 4.98 Å². The Balaban J connectivity index is 1.16. The standard InChI is InChI=1S/C24H28N8O2/c1-31-15-29-22-23(27-14-28-24(22)31)30-16-2-4-18(5-3-16)34-20-13-17(32-8-10-33-11-9-32)12-19-21(20)26-7-6-25-19/h6-7,12-16,18H,2-5,8-11H2,1H3,(H,27,28,30)/t16-,18+. The van der Waals surface area contributed by atoms with Crippen LogP contribution in [0.2, 0.25) is 0 Å². The number of ether oxygens (including phenoxy) is 2. The Kier molecular flexibility index (Phi) is 5.58. The molecule has 34 heavy (non-hydrogen) atoms. The molecule has 10 nitrogen and oxygen atoms in total. The molecule has 1 N–H and O–H groups in total. The topological polar surface area (TPSA) is 103 Å². The lowest BCUT2D eigenvalue weighted by atomic mass is 9.93. The Bertz CT molecular complexity index is 1290. The number of morpholine rings is 1. The zero-order valence-electron chi connectivity index (χ0n) is 19.2. The maximum Gasteiger partial charge on any atom is 0.165 e. The van der Waals surface area contributed by atoms with Crippen molar-refractivity contribution in [3.8, 4) is 5.75 Å². The zero-order valence-corrected chi connectivity index (χ0v) is 19.2. The summed E-state index contributed by atoms with van der Waals surface area (Å²) >= 11 is 0. The van der Waals surface area contributed by atoms with Crippen molar-refractivity contribution in [1.29, 1.82) is 0 Å². The molecule has 0 radical (unpaired) electrons. The smallest absolute Gasteiger partial charge is 0.165 e. The zero-order chi connectivity index (χ0) is 22.9. The summed E-state index contributed by atoms with van der Waals surface area (Å²) < 4.78 is 14.0. The summed E-state index contributed by atoms with van der Waals surface area (Å²) in [6.07, 6.45) is 10.9. The van der Waals surface area contributed by atoms with Crippen molar-refractivity contribution in [3.05, 3.63) is 37.2 Å². The van der Waals surface area contributed by atoms with E-state index in [1.165, 1.54) is 0 Å². The van der Waals surface area contributed by atoms with E-state index in [0.29, 0.717) is 6.04 Å². The van der Waals surface area contributed by atoms with Gasteiger partial charge < -0.3 is 24.3 Å². The van der Waals surface area contributed by atoms with Gasteiger partial charge in [0.25, 0.3) is 0 Å². The summed E-state index contributed by atoms with van der Waals surface area (Å²) in [6, 6.07) is 4.54. The van der Waals surface area contributed by atoms with E-state index in [1.54, 1.807) is 25.0 Å². The van der Waals surface area contributed by atoms with E-state index in [4.69, 9.17) is 9.47 Å². The molecule has 2 aliphatic rings. The maximum absolute atomic E-state index is 6.54. The lowest BCUT2D eigenvalue weighted by Crippen LogP contribution is -2.36. The van der Waals surface area contributed by atoms with Gasteiger partial charge in [-0.1, -0.05) is 0 Å². The lowest BCUT2D eigenvalue weighted by Gasteiger charge is -2.31. The quantitative estimate of drug-likeness (QED) is 0.481. The molecule has 3 aromatic heterocycles. The largest absolute Gasteiger partial charge is 0.488 e. The van der Waals surface area contributed by atoms with Gasteiger partial charge in [-0.15, -0.1) is 0 Å². The molecule has 10 heteroatoms. The van der Waals surface area contributed by atoms with Gasteiger partial charge >= 0.3 is 0 Å². The minimum absolute atomic E-state index is 0.142. The van der Waals surface area contributed by atoms with Gasteiger partial charge in [0.05, 0.1) is 31.2 Å². The normalized spacial score (nSPS) is 21.1. The number of fused-ring (bicyclic) bond motifs is 2. The van der Waals surface area contributed by atoms with Gasteiger partial charge in [-0.2, -0.15) is 0 Å². The molecule has 4 aromatic rings. The molecule has 1 saturated heterocycles. The number of nitrogens with one attached hydrogen (secondary N) is 1. The van der Waals surface area contributed by atoms with Crippen molar-refractivity contribution < 1.29 is 9.47 Å². The molecule has 0 spiro atoms. The summed E-state index contributed by atoms with van der Waals surface area (Å²) in [5.74, 6) is 1.61. The van der Waals surface area contributed by atoms with Gasteiger partial charge in [0.15, 0.2) is 11.5 Å². The molecule has 6 rings (SSSR count). The summed E-state index contributed by atoms with van der Waals surface area (Å²) in [5.41, 5.74) is 4.44. The third kappa shape index (κ3) is 4.09. The number of aromatic nitrogens is 6. The highest BCUT2D eigenvalue weighted by Gasteiger charge is 2.25. The Hall–Kier alpha value is -3.53. The number of hydrogen-bond donors (Lipinski definition) is 1. The van der Waals surface area contributed by atoms with Crippen molar-refractivity contribution in [3.63, 3.8) is 0 Å². The van der Waals surface area contributed by atoms with Crippen LogP contribution in [0.3, 0.4) is 0 Å². The van der Waals surface area contributed by atoms with Gasteiger partial charge in [-0.05, 0) is 31.7 Å².